The third-order valence-electron chi connectivity index (χ3n) is 1.70. The Hall–Kier alpha value is -0.570. The second-order valence-corrected chi connectivity index (χ2v) is 5.52. The first-order chi connectivity index (χ1) is 6.04. The Kier molecular flexibility index (Phi) is 4.13. The fourth-order valence-electron chi connectivity index (χ4n) is 1.33. The van der Waals surface area contributed by atoms with Crippen LogP contribution in [0, 0.1) is 5.92 Å². The van der Waals surface area contributed by atoms with Crippen LogP contribution in [0.15, 0.2) is 0 Å². The van der Waals surface area contributed by atoms with Crippen LogP contribution in [0.4, 0.5) is 0 Å². The molecule has 3 heteroatoms. The summed E-state index contributed by atoms with van der Waals surface area (Å²) in [7, 11) is 0. The van der Waals surface area contributed by atoms with E-state index in [-0.39, 0.29) is 5.97 Å². The summed E-state index contributed by atoms with van der Waals surface area (Å²) in [6.45, 7) is 11.3. The van der Waals surface area contributed by atoms with Gasteiger partial charge in [0.25, 0.3) is 0 Å². The first-order valence-corrected chi connectivity index (χ1v) is 5.07. The Bertz CT molecular complexity index is 202. The lowest BCUT2D eigenvalue weighted by Gasteiger charge is -2.29. The average molecular weight is 201 g/mol. The number of nitrogens with two attached hydrogens (primary N) is 1. The van der Waals surface area contributed by atoms with Gasteiger partial charge in [-0.3, -0.25) is 4.79 Å². The van der Waals surface area contributed by atoms with E-state index in [0.29, 0.717) is 12.3 Å². The van der Waals surface area contributed by atoms with Gasteiger partial charge in [-0.2, -0.15) is 0 Å². The zero-order valence-corrected chi connectivity index (χ0v) is 10.2. The molecule has 0 aliphatic carbocycles. The highest BCUT2D eigenvalue weighted by Crippen LogP contribution is 2.18. The van der Waals surface area contributed by atoms with Crippen molar-refractivity contribution in [1.29, 1.82) is 0 Å². The van der Waals surface area contributed by atoms with E-state index in [1.807, 2.05) is 34.6 Å². The SMILES string of the molecule is CC(C)CC(C)(N)C(=O)OC(C)(C)C. The third-order valence-corrected chi connectivity index (χ3v) is 1.70. The van der Waals surface area contributed by atoms with Gasteiger partial charge < -0.3 is 10.5 Å². The number of hydrogen-bond donors (Lipinski definition) is 1. The number of rotatable bonds is 3. The number of ether oxygens (including phenoxy) is 1. The summed E-state index contributed by atoms with van der Waals surface area (Å²) in [5.41, 5.74) is 4.56. The minimum Gasteiger partial charge on any atom is -0.459 e. The largest absolute Gasteiger partial charge is 0.459 e. The van der Waals surface area contributed by atoms with Crippen molar-refractivity contribution in [3.8, 4) is 0 Å². The molecule has 2 N–H and O–H groups in total. The standard InChI is InChI=1S/C11H23NO2/c1-8(2)7-11(6,12)9(13)14-10(3,4)5/h8H,7,12H2,1-6H3. The number of esters is 1. The normalized spacial score (nSPS) is 16.6. The van der Waals surface area contributed by atoms with E-state index in [1.165, 1.54) is 0 Å². The minimum absolute atomic E-state index is 0.321. The maximum atomic E-state index is 11.7. The summed E-state index contributed by atoms with van der Waals surface area (Å²) in [5.74, 6) is 0.0659. The summed E-state index contributed by atoms with van der Waals surface area (Å²) in [5, 5.41) is 0. The lowest BCUT2D eigenvalue weighted by molar-refractivity contribution is -0.161. The van der Waals surface area contributed by atoms with E-state index in [4.69, 9.17) is 10.5 Å². The van der Waals surface area contributed by atoms with Gasteiger partial charge in [0, 0.05) is 0 Å². The second kappa shape index (κ2) is 4.30. The maximum absolute atomic E-state index is 11.7. The molecule has 3 nitrogen and oxygen atoms in total. The van der Waals surface area contributed by atoms with Crippen molar-refractivity contribution in [2.45, 2.75) is 59.1 Å². The Morgan fingerprint density at radius 1 is 1.29 bits per heavy atom. The van der Waals surface area contributed by atoms with Crippen LogP contribution in [0.1, 0.15) is 48.0 Å². The van der Waals surface area contributed by atoms with Crippen molar-refractivity contribution < 1.29 is 9.53 Å². The van der Waals surface area contributed by atoms with Crippen LogP contribution in [0.2, 0.25) is 0 Å². The van der Waals surface area contributed by atoms with E-state index >= 15 is 0 Å². The van der Waals surface area contributed by atoms with E-state index in [0.717, 1.165) is 0 Å². The van der Waals surface area contributed by atoms with Gasteiger partial charge in [-0.1, -0.05) is 13.8 Å². The molecule has 1 unspecified atom stereocenters. The zero-order chi connectivity index (χ0) is 11.6. The summed E-state index contributed by atoms with van der Waals surface area (Å²) >= 11 is 0. The molecular formula is C11H23NO2. The summed E-state index contributed by atoms with van der Waals surface area (Å²) < 4.78 is 5.24. The van der Waals surface area contributed by atoms with Crippen LogP contribution >= 0.6 is 0 Å². The lowest BCUT2D eigenvalue weighted by atomic mass is 9.92. The van der Waals surface area contributed by atoms with Crippen molar-refractivity contribution in [3.05, 3.63) is 0 Å². The van der Waals surface area contributed by atoms with Crippen molar-refractivity contribution in [2.75, 3.05) is 0 Å². The number of carbonyl (C=O) groups is 1. The molecule has 0 rings (SSSR count). The van der Waals surface area contributed by atoms with Crippen LogP contribution < -0.4 is 5.73 Å². The van der Waals surface area contributed by atoms with E-state index in [1.54, 1.807) is 6.92 Å². The monoisotopic (exact) mass is 201 g/mol. The molecule has 14 heavy (non-hydrogen) atoms. The van der Waals surface area contributed by atoms with Gasteiger partial charge in [0.2, 0.25) is 0 Å². The van der Waals surface area contributed by atoms with Gasteiger partial charge in [0.15, 0.2) is 0 Å². The van der Waals surface area contributed by atoms with Crippen molar-refractivity contribution in [3.63, 3.8) is 0 Å². The molecule has 0 aromatic heterocycles. The quantitative estimate of drug-likeness (QED) is 0.711. The van der Waals surface area contributed by atoms with Crippen LogP contribution in [0.3, 0.4) is 0 Å². The van der Waals surface area contributed by atoms with Gasteiger partial charge in [-0.25, -0.2) is 0 Å². The minimum atomic E-state index is -0.874. The Balaban J connectivity index is 4.36. The predicted octanol–water partition coefficient (Wildman–Crippen LogP) is 2.09. The molecule has 0 spiro atoms. The molecule has 0 fully saturated rings. The molecule has 0 aromatic rings. The molecule has 84 valence electrons. The Labute approximate surface area is 87.0 Å². The smallest absolute Gasteiger partial charge is 0.326 e. The van der Waals surface area contributed by atoms with Gasteiger partial charge in [0.05, 0.1) is 0 Å². The van der Waals surface area contributed by atoms with E-state index < -0.39 is 11.1 Å². The predicted molar refractivity (Wildman–Crippen MR) is 57.9 cm³/mol. The molecule has 0 bridgehead atoms. The van der Waals surface area contributed by atoms with Crippen LogP contribution in [-0.2, 0) is 9.53 Å². The maximum Gasteiger partial charge on any atom is 0.326 e. The van der Waals surface area contributed by atoms with E-state index in [2.05, 4.69) is 0 Å². The van der Waals surface area contributed by atoms with Crippen molar-refractivity contribution in [2.24, 2.45) is 11.7 Å². The molecule has 0 saturated heterocycles. The van der Waals surface area contributed by atoms with Gasteiger partial charge in [-0.15, -0.1) is 0 Å². The highest BCUT2D eigenvalue weighted by molar-refractivity contribution is 5.80. The second-order valence-electron chi connectivity index (χ2n) is 5.52. The molecule has 0 amide bonds. The van der Waals surface area contributed by atoms with Gasteiger partial charge >= 0.3 is 5.97 Å². The first-order valence-electron chi connectivity index (χ1n) is 5.07. The molecule has 0 aromatic carbocycles. The molecule has 0 aliphatic heterocycles. The van der Waals surface area contributed by atoms with Gasteiger partial charge in [-0.05, 0) is 40.0 Å². The number of hydrogen-bond acceptors (Lipinski definition) is 3. The van der Waals surface area contributed by atoms with Crippen molar-refractivity contribution in [1.82, 2.24) is 0 Å². The number of carbonyl (C=O) groups excluding carboxylic acids is 1. The summed E-state index contributed by atoms with van der Waals surface area (Å²) in [6.07, 6.45) is 0.641. The third kappa shape index (κ3) is 5.22. The summed E-state index contributed by atoms with van der Waals surface area (Å²) in [6, 6.07) is 0. The molecule has 0 aliphatic rings. The molecule has 0 radical (unpaired) electrons. The fourth-order valence-corrected chi connectivity index (χ4v) is 1.33. The average Bonchev–Trinajstić information content (AvgIpc) is 1.79. The molecular weight excluding hydrogens is 178 g/mol. The van der Waals surface area contributed by atoms with E-state index in [9.17, 15) is 4.79 Å². The Morgan fingerprint density at radius 3 is 2.00 bits per heavy atom. The molecule has 0 saturated carbocycles. The lowest BCUT2D eigenvalue weighted by Crippen LogP contribution is -2.49. The van der Waals surface area contributed by atoms with Crippen molar-refractivity contribution >= 4 is 5.97 Å². The van der Waals surface area contributed by atoms with Gasteiger partial charge in [0.1, 0.15) is 11.1 Å². The molecule has 1 atom stereocenters. The van der Waals surface area contributed by atoms with Crippen LogP contribution in [0.5, 0.6) is 0 Å². The van der Waals surface area contributed by atoms with Crippen LogP contribution in [-0.4, -0.2) is 17.1 Å². The molecule has 0 heterocycles. The first kappa shape index (κ1) is 13.4. The zero-order valence-electron chi connectivity index (χ0n) is 10.2. The Morgan fingerprint density at radius 2 is 1.71 bits per heavy atom. The highest BCUT2D eigenvalue weighted by Gasteiger charge is 2.33. The highest BCUT2D eigenvalue weighted by atomic mass is 16.6. The topological polar surface area (TPSA) is 52.3 Å². The van der Waals surface area contributed by atoms with Crippen LogP contribution in [0.25, 0.3) is 0 Å². The fraction of sp³-hybridized carbons (Fsp3) is 0.909. The summed E-state index contributed by atoms with van der Waals surface area (Å²) in [4.78, 5) is 11.7.